The van der Waals surface area contributed by atoms with Crippen LogP contribution in [0.2, 0.25) is 0 Å². The highest BCUT2D eigenvalue weighted by Gasteiger charge is 2.32. The normalized spacial score (nSPS) is 11.6. The molecule has 0 atom stereocenters. The van der Waals surface area contributed by atoms with E-state index in [0.29, 0.717) is 0 Å². The molecule has 0 aliphatic carbocycles. The van der Waals surface area contributed by atoms with Gasteiger partial charge in [0, 0.05) is 25.4 Å². The molecule has 1 N–H and O–H groups in total. The fraction of sp³-hybridized carbons (Fsp3) is 0.733. The predicted molar refractivity (Wildman–Crippen MR) is 79.5 cm³/mol. The van der Waals surface area contributed by atoms with E-state index >= 15 is 0 Å². The first-order valence-electron chi connectivity index (χ1n) is 7.33. The van der Waals surface area contributed by atoms with E-state index in [1.165, 1.54) is 0 Å². The molecule has 1 aromatic rings. The van der Waals surface area contributed by atoms with Crippen LogP contribution in [0.4, 0.5) is 5.82 Å². The van der Waals surface area contributed by atoms with Crippen LogP contribution in [0, 0.1) is 0 Å². The maximum atomic E-state index is 5.73. The van der Waals surface area contributed by atoms with E-state index in [4.69, 9.17) is 4.74 Å². The average Bonchev–Trinajstić information content (AvgIpc) is 2.47. The van der Waals surface area contributed by atoms with E-state index in [0.717, 1.165) is 49.6 Å². The molecule has 0 aromatic carbocycles. The molecule has 0 spiro atoms. The number of methoxy groups -OCH3 is 1. The second-order valence-corrected chi connectivity index (χ2v) is 4.75. The molecule has 0 amide bonds. The van der Waals surface area contributed by atoms with Gasteiger partial charge >= 0.3 is 0 Å². The fourth-order valence-electron chi connectivity index (χ4n) is 2.17. The first-order valence-corrected chi connectivity index (χ1v) is 7.33. The lowest BCUT2D eigenvalue weighted by Crippen LogP contribution is -2.30. The van der Waals surface area contributed by atoms with Crippen LogP contribution in [0.25, 0.3) is 0 Å². The van der Waals surface area contributed by atoms with Crippen LogP contribution >= 0.6 is 0 Å². The number of aromatic nitrogens is 2. The summed E-state index contributed by atoms with van der Waals surface area (Å²) in [6, 6.07) is 2.03. The van der Waals surface area contributed by atoms with Crippen molar-refractivity contribution < 1.29 is 4.74 Å². The molecule has 0 aliphatic heterocycles. The summed E-state index contributed by atoms with van der Waals surface area (Å²) < 4.78 is 5.73. The molecular formula is C15H27N3O. The minimum Gasteiger partial charge on any atom is -0.370 e. The number of hydrogen-bond acceptors (Lipinski definition) is 4. The standard InChI is InChI=1S/C15H27N3O/c1-6-10-16-13-11-12(7-2)17-14(18-13)15(8-3,9-4)19-5/h11H,6-10H2,1-5H3,(H,16,17,18). The van der Waals surface area contributed by atoms with Gasteiger partial charge in [-0.2, -0.15) is 0 Å². The van der Waals surface area contributed by atoms with E-state index in [1.54, 1.807) is 7.11 Å². The van der Waals surface area contributed by atoms with Gasteiger partial charge in [0.2, 0.25) is 0 Å². The van der Waals surface area contributed by atoms with Gasteiger partial charge in [0.1, 0.15) is 11.4 Å². The van der Waals surface area contributed by atoms with Crippen molar-refractivity contribution in [2.45, 2.75) is 59.0 Å². The lowest BCUT2D eigenvalue weighted by molar-refractivity contribution is -0.0291. The monoisotopic (exact) mass is 265 g/mol. The molecule has 4 heteroatoms. The molecule has 1 aromatic heterocycles. The first kappa shape index (κ1) is 15.9. The largest absolute Gasteiger partial charge is 0.370 e. The molecule has 0 fully saturated rings. The Balaban J connectivity index is 3.17. The average molecular weight is 265 g/mol. The molecule has 0 saturated heterocycles. The SMILES string of the molecule is CCCNc1cc(CC)nc(C(CC)(CC)OC)n1. The molecule has 0 radical (unpaired) electrons. The van der Waals surface area contributed by atoms with Gasteiger partial charge < -0.3 is 10.1 Å². The highest BCUT2D eigenvalue weighted by atomic mass is 16.5. The second-order valence-electron chi connectivity index (χ2n) is 4.75. The summed E-state index contributed by atoms with van der Waals surface area (Å²) in [6.07, 6.45) is 3.74. The number of anilines is 1. The zero-order chi connectivity index (χ0) is 14.3. The number of nitrogens with zero attached hydrogens (tertiary/aromatic N) is 2. The van der Waals surface area contributed by atoms with Crippen LogP contribution in [0.5, 0.6) is 0 Å². The van der Waals surface area contributed by atoms with E-state index in [1.807, 2.05) is 6.07 Å². The van der Waals surface area contributed by atoms with Crippen molar-refractivity contribution in [3.05, 3.63) is 17.6 Å². The summed E-state index contributed by atoms with van der Waals surface area (Å²) in [5.74, 6) is 1.71. The number of hydrogen-bond donors (Lipinski definition) is 1. The first-order chi connectivity index (χ1) is 9.15. The smallest absolute Gasteiger partial charge is 0.162 e. The van der Waals surface area contributed by atoms with Crippen LogP contribution in [0.1, 0.15) is 58.5 Å². The number of aryl methyl sites for hydroxylation is 1. The third-order valence-corrected chi connectivity index (χ3v) is 3.64. The maximum Gasteiger partial charge on any atom is 0.162 e. The van der Waals surface area contributed by atoms with Crippen LogP contribution in [0.15, 0.2) is 6.07 Å². The van der Waals surface area contributed by atoms with Crippen LogP contribution in [0.3, 0.4) is 0 Å². The maximum absolute atomic E-state index is 5.73. The minimum absolute atomic E-state index is 0.367. The van der Waals surface area contributed by atoms with E-state index in [-0.39, 0.29) is 5.60 Å². The third-order valence-electron chi connectivity index (χ3n) is 3.64. The molecule has 0 aliphatic rings. The van der Waals surface area contributed by atoms with Gasteiger partial charge in [-0.05, 0) is 25.7 Å². The van der Waals surface area contributed by atoms with Crippen LogP contribution in [-0.2, 0) is 16.8 Å². The van der Waals surface area contributed by atoms with E-state index in [2.05, 4.69) is 43.0 Å². The molecule has 108 valence electrons. The fourth-order valence-corrected chi connectivity index (χ4v) is 2.17. The summed E-state index contributed by atoms with van der Waals surface area (Å²) in [4.78, 5) is 9.33. The Morgan fingerprint density at radius 1 is 1.16 bits per heavy atom. The highest BCUT2D eigenvalue weighted by molar-refractivity contribution is 5.37. The Hall–Kier alpha value is -1.16. The van der Waals surface area contributed by atoms with Gasteiger partial charge in [-0.25, -0.2) is 9.97 Å². The quantitative estimate of drug-likeness (QED) is 0.781. The zero-order valence-electron chi connectivity index (χ0n) is 12.9. The van der Waals surface area contributed by atoms with Crippen molar-refractivity contribution in [1.82, 2.24) is 9.97 Å². The summed E-state index contributed by atoms with van der Waals surface area (Å²) in [7, 11) is 1.74. The lowest BCUT2D eigenvalue weighted by Gasteiger charge is -2.29. The predicted octanol–water partition coefficient (Wildman–Crippen LogP) is 3.52. The summed E-state index contributed by atoms with van der Waals surface area (Å²) in [5.41, 5.74) is 0.695. The van der Waals surface area contributed by atoms with Crippen molar-refractivity contribution in [2.24, 2.45) is 0 Å². The van der Waals surface area contributed by atoms with Crippen molar-refractivity contribution >= 4 is 5.82 Å². The van der Waals surface area contributed by atoms with Crippen molar-refractivity contribution in [1.29, 1.82) is 0 Å². The van der Waals surface area contributed by atoms with Gasteiger partial charge in [-0.3, -0.25) is 0 Å². The lowest BCUT2D eigenvalue weighted by atomic mass is 9.96. The Morgan fingerprint density at radius 3 is 2.32 bits per heavy atom. The van der Waals surface area contributed by atoms with Gasteiger partial charge in [-0.1, -0.05) is 27.7 Å². The number of rotatable bonds is 8. The van der Waals surface area contributed by atoms with Crippen molar-refractivity contribution in [3.63, 3.8) is 0 Å². The Labute approximate surface area is 117 Å². The summed E-state index contributed by atoms with van der Waals surface area (Å²) in [6.45, 7) is 9.43. The van der Waals surface area contributed by atoms with Crippen LogP contribution in [-0.4, -0.2) is 23.6 Å². The van der Waals surface area contributed by atoms with Crippen molar-refractivity contribution in [2.75, 3.05) is 19.0 Å². The van der Waals surface area contributed by atoms with Gasteiger partial charge in [0.15, 0.2) is 5.82 Å². The molecule has 4 nitrogen and oxygen atoms in total. The molecule has 0 unspecified atom stereocenters. The van der Waals surface area contributed by atoms with Gasteiger partial charge in [-0.15, -0.1) is 0 Å². The molecule has 1 heterocycles. The highest BCUT2D eigenvalue weighted by Crippen LogP contribution is 2.30. The Morgan fingerprint density at radius 2 is 1.84 bits per heavy atom. The minimum atomic E-state index is -0.367. The van der Waals surface area contributed by atoms with E-state index < -0.39 is 0 Å². The third kappa shape index (κ3) is 3.66. The Kier molecular flexibility index (Phi) is 6.22. The number of ether oxygens (including phenoxy) is 1. The Bertz CT molecular complexity index is 381. The molecule has 0 bridgehead atoms. The molecule has 1 rings (SSSR count). The zero-order valence-corrected chi connectivity index (χ0v) is 12.9. The van der Waals surface area contributed by atoms with Crippen LogP contribution < -0.4 is 5.32 Å². The van der Waals surface area contributed by atoms with Gasteiger partial charge in [0.05, 0.1) is 0 Å². The summed E-state index contributed by atoms with van der Waals surface area (Å²) >= 11 is 0. The van der Waals surface area contributed by atoms with Gasteiger partial charge in [0.25, 0.3) is 0 Å². The molecule has 0 saturated carbocycles. The topological polar surface area (TPSA) is 47.0 Å². The van der Waals surface area contributed by atoms with E-state index in [9.17, 15) is 0 Å². The summed E-state index contributed by atoms with van der Waals surface area (Å²) in [5, 5.41) is 3.35. The number of nitrogens with one attached hydrogen (secondary N) is 1. The second kappa shape index (κ2) is 7.43. The van der Waals surface area contributed by atoms with Crippen molar-refractivity contribution in [3.8, 4) is 0 Å². The molecule has 19 heavy (non-hydrogen) atoms. The molecular weight excluding hydrogens is 238 g/mol.